The summed E-state index contributed by atoms with van der Waals surface area (Å²) in [7, 11) is 0. The van der Waals surface area contributed by atoms with Crippen molar-refractivity contribution in [3.8, 4) is 0 Å². The number of likely N-dealkylation sites (tertiary alicyclic amines) is 1. The minimum atomic E-state index is 0.0917. The van der Waals surface area contributed by atoms with Crippen LogP contribution in [-0.2, 0) is 17.8 Å². The molecule has 0 spiro atoms. The number of hydrogen-bond donors (Lipinski definition) is 0. The first-order valence-corrected chi connectivity index (χ1v) is 10.8. The number of rotatable bonds is 8. The van der Waals surface area contributed by atoms with Gasteiger partial charge in [0.2, 0.25) is 0 Å². The van der Waals surface area contributed by atoms with Crippen LogP contribution in [0.25, 0.3) is 0 Å². The smallest absolute Gasteiger partial charge is 0.150 e. The predicted octanol–water partition coefficient (Wildman–Crippen LogP) is 3.46. The standard InChI is InChI=1S/C22H33N5O/c1-2-26-14-7-9-20(26)17-25(16-19-8-3-5-12-23-19)18-21-11-13-24-27(21)22-10-4-6-15-28-22/h3,5,8,11-13,20,22H,2,4,6-7,9-10,14-18H2,1H3/t20-,22+/m0/s1. The molecule has 28 heavy (non-hydrogen) atoms. The van der Waals surface area contributed by atoms with Gasteiger partial charge in [-0.2, -0.15) is 5.10 Å². The van der Waals surface area contributed by atoms with E-state index in [0.29, 0.717) is 6.04 Å². The second-order valence-corrected chi connectivity index (χ2v) is 8.00. The topological polar surface area (TPSA) is 46.4 Å². The van der Waals surface area contributed by atoms with E-state index < -0.39 is 0 Å². The molecule has 2 aliphatic heterocycles. The maximum Gasteiger partial charge on any atom is 0.150 e. The third-order valence-corrected chi connectivity index (χ3v) is 6.05. The molecule has 2 aromatic rings. The highest BCUT2D eigenvalue weighted by Gasteiger charge is 2.26. The lowest BCUT2D eigenvalue weighted by molar-refractivity contribution is -0.0422. The summed E-state index contributed by atoms with van der Waals surface area (Å²) in [5, 5.41) is 4.60. The molecule has 2 fully saturated rings. The van der Waals surface area contributed by atoms with Gasteiger partial charge >= 0.3 is 0 Å². The summed E-state index contributed by atoms with van der Waals surface area (Å²) in [6.07, 6.45) is 9.93. The molecule has 0 N–H and O–H groups in total. The zero-order chi connectivity index (χ0) is 19.2. The van der Waals surface area contributed by atoms with Crippen molar-refractivity contribution in [2.45, 2.75) is 64.4 Å². The van der Waals surface area contributed by atoms with Crippen LogP contribution in [0.1, 0.15) is 56.6 Å². The first kappa shape index (κ1) is 19.6. The largest absolute Gasteiger partial charge is 0.357 e. The lowest BCUT2D eigenvalue weighted by Gasteiger charge is -2.31. The van der Waals surface area contributed by atoms with Crippen molar-refractivity contribution in [2.75, 3.05) is 26.2 Å². The minimum absolute atomic E-state index is 0.0917. The van der Waals surface area contributed by atoms with Gasteiger partial charge in [-0.1, -0.05) is 13.0 Å². The molecular formula is C22H33N5O. The predicted molar refractivity (Wildman–Crippen MR) is 110 cm³/mol. The molecule has 2 aromatic heterocycles. The van der Waals surface area contributed by atoms with Gasteiger partial charge < -0.3 is 4.74 Å². The van der Waals surface area contributed by atoms with Crippen molar-refractivity contribution in [1.29, 1.82) is 0 Å². The van der Waals surface area contributed by atoms with Crippen molar-refractivity contribution in [3.05, 3.63) is 48.0 Å². The van der Waals surface area contributed by atoms with Crippen LogP contribution in [0.3, 0.4) is 0 Å². The fourth-order valence-electron chi connectivity index (χ4n) is 4.59. The van der Waals surface area contributed by atoms with Gasteiger partial charge in [-0.3, -0.25) is 14.8 Å². The third-order valence-electron chi connectivity index (χ3n) is 6.05. The Kier molecular flexibility index (Phi) is 6.73. The second kappa shape index (κ2) is 9.63. The average Bonchev–Trinajstić information content (AvgIpc) is 3.38. The van der Waals surface area contributed by atoms with E-state index in [0.717, 1.165) is 51.3 Å². The van der Waals surface area contributed by atoms with Gasteiger partial charge in [-0.05, 0) is 63.4 Å². The number of ether oxygens (including phenoxy) is 1. The molecule has 2 aliphatic rings. The molecular weight excluding hydrogens is 350 g/mol. The van der Waals surface area contributed by atoms with E-state index in [1.165, 1.54) is 31.5 Å². The summed E-state index contributed by atoms with van der Waals surface area (Å²) >= 11 is 0. The Hall–Kier alpha value is -1.76. The number of nitrogens with zero attached hydrogens (tertiary/aromatic N) is 5. The number of aromatic nitrogens is 3. The van der Waals surface area contributed by atoms with Crippen LogP contribution in [0, 0.1) is 0 Å². The summed E-state index contributed by atoms with van der Waals surface area (Å²) in [4.78, 5) is 9.73. The molecule has 0 aromatic carbocycles. The zero-order valence-corrected chi connectivity index (χ0v) is 17.0. The molecule has 0 radical (unpaired) electrons. The normalized spacial score (nSPS) is 23.5. The summed E-state index contributed by atoms with van der Waals surface area (Å²) < 4.78 is 8.10. The van der Waals surface area contributed by atoms with E-state index in [9.17, 15) is 0 Å². The maximum absolute atomic E-state index is 5.99. The van der Waals surface area contributed by atoms with Crippen molar-refractivity contribution in [3.63, 3.8) is 0 Å². The third kappa shape index (κ3) is 4.80. The van der Waals surface area contributed by atoms with Crippen LogP contribution >= 0.6 is 0 Å². The lowest BCUT2D eigenvalue weighted by atomic mass is 10.1. The molecule has 6 nitrogen and oxygen atoms in total. The van der Waals surface area contributed by atoms with E-state index in [1.807, 2.05) is 18.5 Å². The van der Waals surface area contributed by atoms with Crippen LogP contribution < -0.4 is 0 Å². The highest BCUT2D eigenvalue weighted by Crippen LogP contribution is 2.25. The molecule has 0 bridgehead atoms. The fraction of sp³-hybridized carbons (Fsp3) is 0.636. The summed E-state index contributed by atoms with van der Waals surface area (Å²) in [6, 6.07) is 8.97. The van der Waals surface area contributed by atoms with Crippen molar-refractivity contribution in [2.24, 2.45) is 0 Å². The van der Waals surface area contributed by atoms with Crippen molar-refractivity contribution < 1.29 is 4.74 Å². The maximum atomic E-state index is 5.99. The molecule has 2 atom stereocenters. The molecule has 0 unspecified atom stereocenters. The summed E-state index contributed by atoms with van der Waals surface area (Å²) in [6.45, 7) is 8.30. The van der Waals surface area contributed by atoms with Gasteiger partial charge in [0.25, 0.3) is 0 Å². The summed E-state index contributed by atoms with van der Waals surface area (Å²) in [5.41, 5.74) is 2.37. The monoisotopic (exact) mass is 383 g/mol. The van der Waals surface area contributed by atoms with Gasteiger partial charge in [0, 0.05) is 44.7 Å². The lowest BCUT2D eigenvalue weighted by Crippen LogP contribution is -2.40. The first-order chi connectivity index (χ1) is 13.8. The van der Waals surface area contributed by atoms with Gasteiger partial charge in [-0.15, -0.1) is 0 Å². The molecule has 4 rings (SSSR count). The van der Waals surface area contributed by atoms with E-state index >= 15 is 0 Å². The molecule has 152 valence electrons. The Morgan fingerprint density at radius 2 is 2.07 bits per heavy atom. The van der Waals surface area contributed by atoms with Gasteiger partial charge in [0.1, 0.15) is 0 Å². The Morgan fingerprint density at radius 3 is 2.86 bits per heavy atom. The van der Waals surface area contributed by atoms with Gasteiger partial charge in [0.15, 0.2) is 6.23 Å². The van der Waals surface area contributed by atoms with Gasteiger partial charge in [-0.25, -0.2) is 4.68 Å². The van der Waals surface area contributed by atoms with E-state index in [2.05, 4.69) is 49.7 Å². The van der Waals surface area contributed by atoms with Crippen molar-refractivity contribution >= 4 is 0 Å². The van der Waals surface area contributed by atoms with Crippen LogP contribution in [-0.4, -0.2) is 56.8 Å². The molecule has 0 amide bonds. The van der Waals surface area contributed by atoms with E-state index in [1.54, 1.807) is 0 Å². The molecule has 0 saturated carbocycles. The van der Waals surface area contributed by atoms with E-state index in [-0.39, 0.29) is 6.23 Å². The molecule has 0 aliphatic carbocycles. The minimum Gasteiger partial charge on any atom is -0.357 e. The quantitative estimate of drug-likeness (QED) is 0.699. The Morgan fingerprint density at radius 1 is 1.11 bits per heavy atom. The Bertz CT molecular complexity index is 713. The van der Waals surface area contributed by atoms with Crippen LogP contribution in [0.5, 0.6) is 0 Å². The number of hydrogen-bond acceptors (Lipinski definition) is 5. The fourth-order valence-corrected chi connectivity index (χ4v) is 4.59. The average molecular weight is 384 g/mol. The second-order valence-electron chi connectivity index (χ2n) is 8.00. The van der Waals surface area contributed by atoms with Crippen LogP contribution in [0.4, 0.5) is 0 Å². The first-order valence-electron chi connectivity index (χ1n) is 10.8. The summed E-state index contributed by atoms with van der Waals surface area (Å²) in [5.74, 6) is 0. The van der Waals surface area contributed by atoms with E-state index in [4.69, 9.17) is 4.74 Å². The van der Waals surface area contributed by atoms with Crippen LogP contribution in [0.15, 0.2) is 36.7 Å². The molecule has 4 heterocycles. The highest BCUT2D eigenvalue weighted by molar-refractivity contribution is 5.06. The zero-order valence-electron chi connectivity index (χ0n) is 17.0. The molecule has 6 heteroatoms. The van der Waals surface area contributed by atoms with Crippen LogP contribution in [0.2, 0.25) is 0 Å². The Labute approximate surface area is 168 Å². The molecule has 2 saturated heterocycles. The highest BCUT2D eigenvalue weighted by atomic mass is 16.5. The SMILES string of the molecule is CCN1CCC[C@H]1CN(Cc1ccccn1)Cc1ccnn1[C@H]1CCCCO1. The van der Waals surface area contributed by atoms with Gasteiger partial charge in [0.05, 0.1) is 11.4 Å². The van der Waals surface area contributed by atoms with Crippen molar-refractivity contribution in [1.82, 2.24) is 24.6 Å². The number of likely N-dealkylation sites (N-methyl/N-ethyl adjacent to an activating group) is 1. The number of pyridine rings is 1. The Balaban J connectivity index is 1.49.